The summed E-state index contributed by atoms with van der Waals surface area (Å²) < 4.78 is 1.75. The number of aromatic nitrogens is 2. The fourth-order valence-corrected chi connectivity index (χ4v) is 1.99. The molecule has 1 heterocycles. The minimum Gasteiger partial charge on any atom is -0.299 e. The monoisotopic (exact) mass is 224 g/mol. The number of aromatic amines is 1. The topological polar surface area (TPSA) is 37.8 Å². The minimum atomic E-state index is -0.00223. The Morgan fingerprint density at radius 3 is 2.19 bits per heavy atom. The van der Waals surface area contributed by atoms with Gasteiger partial charge in [0, 0.05) is 23.2 Å². The zero-order valence-electron chi connectivity index (χ0n) is 11.3. The van der Waals surface area contributed by atoms with Crippen molar-refractivity contribution in [3.63, 3.8) is 0 Å². The van der Waals surface area contributed by atoms with Crippen molar-refractivity contribution in [2.24, 2.45) is 0 Å². The molecule has 0 aliphatic rings. The van der Waals surface area contributed by atoms with Crippen LogP contribution < -0.4 is 5.56 Å². The predicted molar refractivity (Wildman–Crippen MR) is 68.1 cm³/mol. The van der Waals surface area contributed by atoms with E-state index >= 15 is 0 Å². The van der Waals surface area contributed by atoms with Gasteiger partial charge in [-0.05, 0) is 12.3 Å². The van der Waals surface area contributed by atoms with Gasteiger partial charge in [0.05, 0.1) is 0 Å². The van der Waals surface area contributed by atoms with Crippen LogP contribution in [0.3, 0.4) is 0 Å². The van der Waals surface area contributed by atoms with Crippen molar-refractivity contribution >= 4 is 0 Å². The van der Waals surface area contributed by atoms with Crippen molar-refractivity contribution in [2.75, 3.05) is 0 Å². The largest absolute Gasteiger partial charge is 0.299 e. The number of hydrogen-bond donors (Lipinski definition) is 1. The van der Waals surface area contributed by atoms with E-state index in [1.807, 2.05) is 0 Å². The van der Waals surface area contributed by atoms with E-state index < -0.39 is 0 Å². The quantitative estimate of drug-likeness (QED) is 0.842. The summed E-state index contributed by atoms with van der Waals surface area (Å²) in [5.74, 6) is 0.274. The molecule has 0 unspecified atom stereocenters. The Morgan fingerprint density at radius 1 is 1.31 bits per heavy atom. The molecule has 0 aliphatic carbocycles. The van der Waals surface area contributed by atoms with E-state index in [1.54, 1.807) is 4.68 Å². The number of H-pyrrole nitrogens is 1. The van der Waals surface area contributed by atoms with Crippen LogP contribution in [0.5, 0.6) is 0 Å². The Kier molecular flexibility index (Phi) is 3.66. The fraction of sp³-hybridized carbons (Fsp3) is 0.769. The molecule has 3 heteroatoms. The molecule has 92 valence electrons. The third-order valence-electron chi connectivity index (χ3n) is 2.77. The average Bonchev–Trinajstić information content (AvgIpc) is 2.44. The highest BCUT2D eigenvalue weighted by Gasteiger charge is 2.25. The van der Waals surface area contributed by atoms with E-state index in [-0.39, 0.29) is 16.9 Å². The molecule has 0 aliphatic heterocycles. The number of nitrogens with zero attached hydrogens (tertiary/aromatic N) is 1. The van der Waals surface area contributed by atoms with Crippen LogP contribution in [0.1, 0.15) is 65.1 Å². The molecule has 16 heavy (non-hydrogen) atoms. The van der Waals surface area contributed by atoms with Crippen LogP contribution in [-0.2, 0) is 12.0 Å². The molecule has 0 saturated carbocycles. The van der Waals surface area contributed by atoms with Gasteiger partial charge < -0.3 is 0 Å². The number of nitrogens with one attached hydrogen (secondary N) is 1. The summed E-state index contributed by atoms with van der Waals surface area (Å²) in [5.41, 5.74) is 2.18. The molecule has 1 aromatic rings. The lowest BCUT2D eigenvalue weighted by atomic mass is 9.86. The van der Waals surface area contributed by atoms with Crippen LogP contribution in [0.2, 0.25) is 0 Å². The highest BCUT2D eigenvalue weighted by Crippen LogP contribution is 2.26. The van der Waals surface area contributed by atoms with Gasteiger partial charge in [0.2, 0.25) is 0 Å². The molecule has 0 atom stereocenters. The van der Waals surface area contributed by atoms with Crippen molar-refractivity contribution in [1.82, 2.24) is 9.78 Å². The van der Waals surface area contributed by atoms with Gasteiger partial charge in [-0.3, -0.25) is 14.6 Å². The molecular weight excluding hydrogens is 200 g/mol. The fourth-order valence-electron chi connectivity index (χ4n) is 1.99. The van der Waals surface area contributed by atoms with Gasteiger partial charge in [-0.15, -0.1) is 0 Å². The lowest BCUT2D eigenvalue weighted by Crippen LogP contribution is -2.20. The molecule has 0 aromatic carbocycles. The molecule has 0 radical (unpaired) electrons. The van der Waals surface area contributed by atoms with Crippen LogP contribution >= 0.6 is 0 Å². The second kappa shape index (κ2) is 4.48. The lowest BCUT2D eigenvalue weighted by Gasteiger charge is -2.19. The Bertz CT molecular complexity index is 405. The summed E-state index contributed by atoms with van der Waals surface area (Å²) in [6.07, 6.45) is 0.974. The smallest absolute Gasteiger partial charge is 0.270 e. The van der Waals surface area contributed by atoms with Gasteiger partial charge in [0.25, 0.3) is 5.56 Å². The molecule has 0 spiro atoms. The number of rotatable bonds is 3. The van der Waals surface area contributed by atoms with Crippen molar-refractivity contribution in [2.45, 2.75) is 65.8 Å². The standard InChI is InChI=1S/C13H24N2O/c1-7-8-15-12(16)10(9(2)3)11(14-15)13(4,5)6/h9,14H,7-8H2,1-6H3. The zero-order valence-corrected chi connectivity index (χ0v) is 11.3. The zero-order chi connectivity index (χ0) is 12.5. The van der Waals surface area contributed by atoms with E-state index in [2.05, 4.69) is 46.6 Å². The van der Waals surface area contributed by atoms with Gasteiger partial charge in [0.1, 0.15) is 0 Å². The second-order valence-electron chi connectivity index (χ2n) is 5.76. The first-order valence-electron chi connectivity index (χ1n) is 6.12. The third-order valence-corrected chi connectivity index (χ3v) is 2.77. The maximum atomic E-state index is 12.2. The van der Waals surface area contributed by atoms with Gasteiger partial charge >= 0.3 is 0 Å². The SMILES string of the molecule is CCCn1[nH]c(C(C)(C)C)c(C(C)C)c1=O. The number of aryl methyl sites for hydroxylation is 1. The second-order valence-corrected chi connectivity index (χ2v) is 5.76. The summed E-state index contributed by atoms with van der Waals surface area (Å²) in [4.78, 5) is 12.2. The summed E-state index contributed by atoms with van der Waals surface area (Å²) in [7, 11) is 0. The van der Waals surface area contributed by atoms with Gasteiger partial charge in [-0.1, -0.05) is 41.5 Å². The lowest BCUT2D eigenvalue weighted by molar-refractivity contribution is 0.521. The van der Waals surface area contributed by atoms with Crippen LogP contribution in [0.25, 0.3) is 0 Å². The molecule has 0 fully saturated rings. The van der Waals surface area contributed by atoms with Crippen LogP contribution in [0, 0.1) is 0 Å². The molecule has 0 saturated heterocycles. The van der Waals surface area contributed by atoms with E-state index in [4.69, 9.17) is 0 Å². The molecule has 1 aromatic heterocycles. The molecular formula is C13H24N2O. The molecule has 1 N–H and O–H groups in total. The van der Waals surface area contributed by atoms with Gasteiger partial charge in [-0.25, -0.2) is 0 Å². The first-order valence-corrected chi connectivity index (χ1v) is 6.12. The minimum absolute atomic E-state index is 0.00223. The van der Waals surface area contributed by atoms with Crippen LogP contribution in [0.4, 0.5) is 0 Å². The number of hydrogen-bond acceptors (Lipinski definition) is 1. The van der Waals surface area contributed by atoms with Crippen molar-refractivity contribution in [3.05, 3.63) is 21.6 Å². The summed E-state index contributed by atoms with van der Waals surface area (Å²) >= 11 is 0. The van der Waals surface area contributed by atoms with Gasteiger partial charge in [0.15, 0.2) is 0 Å². The van der Waals surface area contributed by atoms with Crippen molar-refractivity contribution in [3.8, 4) is 0 Å². The van der Waals surface area contributed by atoms with Crippen LogP contribution in [0.15, 0.2) is 4.79 Å². The molecule has 0 amide bonds. The molecule has 3 nitrogen and oxygen atoms in total. The molecule has 1 rings (SSSR count). The van der Waals surface area contributed by atoms with Crippen molar-refractivity contribution in [1.29, 1.82) is 0 Å². The highest BCUT2D eigenvalue weighted by atomic mass is 16.1. The first-order chi connectivity index (χ1) is 7.29. The Labute approximate surface area is 97.8 Å². The Balaban J connectivity index is 3.38. The highest BCUT2D eigenvalue weighted by molar-refractivity contribution is 5.27. The maximum Gasteiger partial charge on any atom is 0.270 e. The average molecular weight is 224 g/mol. The molecule has 0 bridgehead atoms. The Hall–Kier alpha value is -0.990. The normalized spacial score (nSPS) is 12.4. The summed E-state index contributed by atoms with van der Waals surface area (Å²) in [6.45, 7) is 13.4. The van der Waals surface area contributed by atoms with E-state index in [1.165, 1.54) is 0 Å². The van der Waals surface area contributed by atoms with Gasteiger partial charge in [-0.2, -0.15) is 0 Å². The van der Waals surface area contributed by atoms with Crippen molar-refractivity contribution < 1.29 is 0 Å². The van der Waals surface area contributed by atoms with E-state index in [9.17, 15) is 4.79 Å². The third kappa shape index (κ3) is 2.39. The van der Waals surface area contributed by atoms with E-state index in [0.29, 0.717) is 0 Å². The van der Waals surface area contributed by atoms with Crippen LogP contribution in [-0.4, -0.2) is 9.78 Å². The predicted octanol–water partition coefficient (Wildman–Crippen LogP) is 3.01. The summed E-state index contributed by atoms with van der Waals surface area (Å²) in [5, 5.41) is 3.28. The van der Waals surface area contributed by atoms with E-state index in [0.717, 1.165) is 24.2 Å². The maximum absolute atomic E-state index is 12.2. The Morgan fingerprint density at radius 2 is 1.88 bits per heavy atom. The first kappa shape index (κ1) is 13.1. The summed E-state index contributed by atoms with van der Waals surface area (Å²) in [6, 6.07) is 0.